The third-order valence-corrected chi connectivity index (χ3v) is 2.26. The molecule has 0 amide bonds. The van der Waals surface area contributed by atoms with E-state index in [4.69, 9.17) is 0 Å². The van der Waals surface area contributed by atoms with Crippen LogP contribution in [0, 0.1) is 0 Å². The van der Waals surface area contributed by atoms with E-state index in [9.17, 15) is 0 Å². The molecule has 0 aromatic rings. The van der Waals surface area contributed by atoms with Crippen molar-refractivity contribution in [1.29, 1.82) is 0 Å². The van der Waals surface area contributed by atoms with Gasteiger partial charge in [-0.2, -0.15) is 0 Å². The quantitative estimate of drug-likeness (QED) is 0.626. The van der Waals surface area contributed by atoms with Gasteiger partial charge in [0.2, 0.25) is 0 Å². The molecule has 1 saturated heterocycles. The summed E-state index contributed by atoms with van der Waals surface area (Å²) < 4.78 is 0. The number of rotatable bonds is 2. The first-order valence-corrected chi connectivity index (χ1v) is 4.34. The summed E-state index contributed by atoms with van der Waals surface area (Å²) in [5, 5.41) is 2.36. The standard InChI is InChI=1S/C8H18N2/c1-3-8(2)10-7-5-4-6-9-10/h8-9H,3-7H2,1-2H3. The maximum absolute atomic E-state index is 3.40. The van der Waals surface area contributed by atoms with Gasteiger partial charge in [-0.05, 0) is 26.2 Å². The molecule has 0 aliphatic carbocycles. The van der Waals surface area contributed by atoms with Crippen LogP contribution in [-0.4, -0.2) is 24.1 Å². The predicted octanol–water partition coefficient (Wildman–Crippen LogP) is 1.39. The molecule has 1 unspecified atom stereocenters. The Morgan fingerprint density at radius 3 is 2.80 bits per heavy atom. The van der Waals surface area contributed by atoms with Crippen LogP contribution in [0.3, 0.4) is 0 Å². The number of hydrazine groups is 1. The molecule has 1 fully saturated rings. The van der Waals surface area contributed by atoms with Crippen molar-refractivity contribution in [2.24, 2.45) is 0 Å². The van der Waals surface area contributed by atoms with Crippen LogP contribution in [0.5, 0.6) is 0 Å². The van der Waals surface area contributed by atoms with Gasteiger partial charge >= 0.3 is 0 Å². The van der Waals surface area contributed by atoms with Crippen LogP contribution in [0.25, 0.3) is 0 Å². The molecule has 1 atom stereocenters. The van der Waals surface area contributed by atoms with Crippen LogP contribution < -0.4 is 5.43 Å². The van der Waals surface area contributed by atoms with Crippen LogP contribution >= 0.6 is 0 Å². The first-order chi connectivity index (χ1) is 4.84. The molecule has 1 heterocycles. The zero-order valence-corrected chi connectivity index (χ0v) is 7.06. The monoisotopic (exact) mass is 142 g/mol. The van der Waals surface area contributed by atoms with E-state index in [1.54, 1.807) is 0 Å². The van der Waals surface area contributed by atoms with Crippen molar-refractivity contribution in [2.75, 3.05) is 13.1 Å². The topological polar surface area (TPSA) is 15.3 Å². The largest absolute Gasteiger partial charge is 0.255 e. The molecular weight excluding hydrogens is 124 g/mol. The van der Waals surface area contributed by atoms with E-state index in [1.165, 1.54) is 32.4 Å². The van der Waals surface area contributed by atoms with E-state index >= 15 is 0 Å². The third kappa shape index (κ3) is 1.96. The van der Waals surface area contributed by atoms with E-state index in [0.717, 1.165) is 0 Å². The van der Waals surface area contributed by atoms with Gasteiger partial charge in [0.15, 0.2) is 0 Å². The molecule has 0 bridgehead atoms. The van der Waals surface area contributed by atoms with Crippen LogP contribution in [0.1, 0.15) is 33.1 Å². The Hall–Kier alpha value is -0.0800. The molecule has 0 saturated carbocycles. The van der Waals surface area contributed by atoms with Crippen molar-refractivity contribution >= 4 is 0 Å². The van der Waals surface area contributed by atoms with Crippen molar-refractivity contribution in [3.63, 3.8) is 0 Å². The molecule has 1 N–H and O–H groups in total. The summed E-state index contributed by atoms with van der Waals surface area (Å²) in [7, 11) is 0. The molecule has 60 valence electrons. The summed E-state index contributed by atoms with van der Waals surface area (Å²) in [6.45, 7) is 6.92. The third-order valence-electron chi connectivity index (χ3n) is 2.26. The highest BCUT2D eigenvalue weighted by molar-refractivity contribution is 4.65. The molecule has 1 aliphatic heterocycles. The fourth-order valence-electron chi connectivity index (χ4n) is 1.31. The maximum atomic E-state index is 3.40. The minimum Gasteiger partial charge on any atom is -0.255 e. The van der Waals surface area contributed by atoms with Gasteiger partial charge in [-0.25, -0.2) is 5.01 Å². The van der Waals surface area contributed by atoms with Crippen molar-refractivity contribution in [3.05, 3.63) is 0 Å². The molecule has 0 radical (unpaired) electrons. The fraction of sp³-hybridized carbons (Fsp3) is 1.00. The SMILES string of the molecule is CCC(C)N1CCCCN1. The Labute approximate surface area is 63.6 Å². The summed E-state index contributed by atoms with van der Waals surface area (Å²) in [5.41, 5.74) is 3.40. The van der Waals surface area contributed by atoms with Crippen LogP contribution in [0.2, 0.25) is 0 Å². The summed E-state index contributed by atoms with van der Waals surface area (Å²) in [6.07, 6.45) is 3.94. The average Bonchev–Trinajstić information content (AvgIpc) is 2.05. The Kier molecular flexibility index (Phi) is 3.16. The summed E-state index contributed by atoms with van der Waals surface area (Å²) in [4.78, 5) is 0. The normalized spacial score (nSPS) is 24.6. The van der Waals surface area contributed by atoms with Gasteiger partial charge in [-0.15, -0.1) is 0 Å². The average molecular weight is 142 g/mol. The summed E-state index contributed by atoms with van der Waals surface area (Å²) >= 11 is 0. The number of nitrogens with zero attached hydrogens (tertiary/aromatic N) is 1. The molecule has 1 rings (SSSR count). The van der Waals surface area contributed by atoms with Crippen LogP contribution in [0.15, 0.2) is 0 Å². The zero-order chi connectivity index (χ0) is 7.40. The van der Waals surface area contributed by atoms with Crippen molar-refractivity contribution in [2.45, 2.75) is 39.2 Å². The van der Waals surface area contributed by atoms with E-state index in [-0.39, 0.29) is 0 Å². The minimum atomic E-state index is 0.709. The Morgan fingerprint density at radius 1 is 1.50 bits per heavy atom. The van der Waals surface area contributed by atoms with E-state index in [1.807, 2.05) is 0 Å². The number of hydrogen-bond donors (Lipinski definition) is 1. The van der Waals surface area contributed by atoms with Crippen LogP contribution in [0.4, 0.5) is 0 Å². The second-order valence-electron chi connectivity index (χ2n) is 3.07. The van der Waals surface area contributed by atoms with Crippen molar-refractivity contribution < 1.29 is 0 Å². The Bertz CT molecular complexity index is 87.3. The Morgan fingerprint density at radius 2 is 2.30 bits per heavy atom. The number of nitrogens with one attached hydrogen (secondary N) is 1. The highest BCUT2D eigenvalue weighted by Crippen LogP contribution is 2.05. The van der Waals surface area contributed by atoms with E-state index < -0.39 is 0 Å². The van der Waals surface area contributed by atoms with Gasteiger partial charge in [-0.1, -0.05) is 6.92 Å². The second kappa shape index (κ2) is 3.94. The van der Waals surface area contributed by atoms with E-state index in [2.05, 4.69) is 24.3 Å². The minimum absolute atomic E-state index is 0.709. The lowest BCUT2D eigenvalue weighted by atomic mass is 10.2. The van der Waals surface area contributed by atoms with Gasteiger partial charge in [-0.3, -0.25) is 5.43 Å². The van der Waals surface area contributed by atoms with Gasteiger partial charge in [0.05, 0.1) is 0 Å². The number of hydrogen-bond acceptors (Lipinski definition) is 2. The summed E-state index contributed by atoms with van der Waals surface area (Å²) in [6, 6.07) is 0.709. The molecule has 10 heavy (non-hydrogen) atoms. The zero-order valence-electron chi connectivity index (χ0n) is 7.06. The van der Waals surface area contributed by atoms with Crippen LogP contribution in [-0.2, 0) is 0 Å². The molecule has 0 aromatic heterocycles. The molecule has 0 spiro atoms. The molecule has 2 nitrogen and oxygen atoms in total. The van der Waals surface area contributed by atoms with Crippen molar-refractivity contribution in [1.82, 2.24) is 10.4 Å². The molecule has 1 aliphatic rings. The molecule has 2 heteroatoms. The van der Waals surface area contributed by atoms with Gasteiger partial charge in [0.25, 0.3) is 0 Å². The summed E-state index contributed by atoms with van der Waals surface area (Å²) in [5.74, 6) is 0. The lowest BCUT2D eigenvalue weighted by Crippen LogP contribution is -2.47. The van der Waals surface area contributed by atoms with E-state index in [0.29, 0.717) is 6.04 Å². The fourth-order valence-corrected chi connectivity index (χ4v) is 1.31. The van der Waals surface area contributed by atoms with Gasteiger partial charge < -0.3 is 0 Å². The molecular formula is C8H18N2. The van der Waals surface area contributed by atoms with Gasteiger partial charge in [0, 0.05) is 19.1 Å². The Balaban J connectivity index is 2.24. The smallest absolute Gasteiger partial charge is 0.0212 e. The second-order valence-corrected chi connectivity index (χ2v) is 3.07. The predicted molar refractivity (Wildman–Crippen MR) is 43.7 cm³/mol. The first kappa shape index (κ1) is 8.02. The maximum Gasteiger partial charge on any atom is 0.0212 e. The highest BCUT2D eigenvalue weighted by Gasteiger charge is 2.13. The lowest BCUT2D eigenvalue weighted by Gasteiger charge is -2.32. The van der Waals surface area contributed by atoms with Crippen molar-refractivity contribution in [3.8, 4) is 0 Å². The van der Waals surface area contributed by atoms with Gasteiger partial charge in [0.1, 0.15) is 0 Å². The molecule has 0 aromatic carbocycles. The first-order valence-electron chi connectivity index (χ1n) is 4.34. The lowest BCUT2D eigenvalue weighted by molar-refractivity contribution is 0.102. The highest BCUT2D eigenvalue weighted by atomic mass is 15.5.